The summed E-state index contributed by atoms with van der Waals surface area (Å²) in [5.74, 6) is 0.786. The first-order chi connectivity index (χ1) is 8.76. The molecule has 0 aliphatic heterocycles. The van der Waals surface area contributed by atoms with Crippen LogP contribution in [-0.2, 0) is 6.54 Å². The van der Waals surface area contributed by atoms with Gasteiger partial charge in [0.05, 0.1) is 0 Å². The summed E-state index contributed by atoms with van der Waals surface area (Å²) in [5, 5.41) is 13.8. The molecule has 3 rings (SSSR count). The fourth-order valence-corrected chi connectivity index (χ4v) is 1.82. The SMILES string of the molecule is NCc1ccn2nc(-c3cccc(O)c3)nc2c1. The van der Waals surface area contributed by atoms with Crippen molar-refractivity contribution >= 4 is 5.65 Å². The van der Waals surface area contributed by atoms with Gasteiger partial charge >= 0.3 is 0 Å². The molecule has 0 spiro atoms. The normalized spacial score (nSPS) is 10.9. The third kappa shape index (κ3) is 1.80. The molecule has 0 bridgehead atoms. The van der Waals surface area contributed by atoms with Gasteiger partial charge in [-0.15, -0.1) is 5.10 Å². The molecule has 2 heterocycles. The van der Waals surface area contributed by atoms with Gasteiger partial charge in [-0.2, -0.15) is 0 Å². The van der Waals surface area contributed by atoms with Gasteiger partial charge in [0, 0.05) is 18.3 Å². The maximum absolute atomic E-state index is 9.45. The Kier molecular flexibility index (Phi) is 2.46. The molecule has 1 aromatic carbocycles. The molecule has 0 amide bonds. The monoisotopic (exact) mass is 240 g/mol. The molecule has 0 fully saturated rings. The quantitative estimate of drug-likeness (QED) is 0.712. The van der Waals surface area contributed by atoms with E-state index >= 15 is 0 Å². The molecular weight excluding hydrogens is 228 g/mol. The van der Waals surface area contributed by atoms with Crippen LogP contribution in [0.25, 0.3) is 17.0 Å². The average molecular weight is 240 g/mol. The summed E-state index contributed by atoms with van der Waals surface area (Å²) < 4.78 is 1.69. The van der Waals surface area contributed by atoms with Crippen LogP contribution in [0.4, 0.5) is 0 Å². The standard InChI is InChI=1S/C13H12N4O/c14-8-9-4-5-17-12(6-9)15-13(16-17)10-2-1-3-11(18)7-10/h1-7,18H,8,14H2. The van der Waals surface area contributed by atoms with Gasteiger partial charge in [-0.3, -0.25) is 0 Å². The van der Waals surface area contributed by atoms with Crippen molar-refractivity contribution in [2.24, 2.45) is 5.73 Å². The molecule has 3 N–H and O–H groups in total. The summed E-state index contributed by atoms with van der Waals surface area (Å²) in [5.41, 5.74) is 8.13. The maximum atomic E-state index is 9.45. The molecule has 0 unspecified atom stereocenters. The minimum atomic E-state index is 0.203. The van der Waals surface area contributed by atoms with Gasteiger partial charge in [0.15, 0.2) is 11.5 Å². The third-order valence-electron chi connectivity index (χ3n) is 2.74. The molecule has 0 aliphatic rings. The van der Waals surface area contributed by atoms with E-state index in [1.54, 1.807) is 22.7 Å². The minimum absolute atomic E-state index is 0.203. The fourth-order valence-electron chi connectivity index (χ4n) is 1.82. The molecule has 90 valence electrons. The van der Waals surface area contributed by atoms with Crippen molar-refractivity contribution < 1.29 is 5.11 Å². The Balaban J connectivity index is 2.13. The van der Waals surface area contributed by atoms with E-state index in [9.17, 15) is 5.11 Å². The Morgan fingerprint density at radius 1 is 1.22 bits per heavy atom. The number of phenols is 1. The van der Waals surface area contributed by atoms with E-state index in [-0.39, 0.29) is 5.75 Å². The van der Waals surface area contributed by atoms with Crippen molar-refractivity contribution in [1.82, 2.24) is 14.6 Å². The summed E-state index contributed by atoms with van der Waals surface area (Å²) in [6.07, 6.45) is 1.83. The second kappa shape index (κ2) is 4.12. The zero-order valence-corrected chi connectivity index (χ0v) is 9.61. The number of pyridine rings is 1. The number of aromatic nitrogens is 3. The smallest absolute Gasteiger partial charge is 0.182 e. The number of hydrogen-bond acceptors (Lipinski definition) is 4. The molecule has 18 heavy (non-hydrogen) atoms. The number of fused-ring (bicyclic) bond motifs is 1. The second-order valence-electron chi connectivity index (χ2n) is 4.03. The van der Waals surface area contributed by atoms with Crippen LogP contribution in [-0.4, -0.2) is 19.7 Å². The van der Waals surface area contributed by atoms with Gasteiger partial charge in [-0.1, -0.05) is 12.1 Å². The highest BCUT2D eigenvalue weighted by molar-refractivity contribution is 5.60. The predicted molar refractivity (Wildman–Crippen MR) is 68.0 cm³/mol. The molecule has 0 atom stereocenters. The molecule has 0 saturated carbocycles. The van der Waals surface area contributed by atoms with Gasteiger partial charge in [0.2, 0.25) is 0 Å². The van der Waals surface area contributed by atoms with Crippen LogP contribution in [0, 0.1) is 0 Å². The van der Waals surface area contributed by atoms with E-state index in [2.05, 4.69) is 10.1 Å². The molecular formula is C13H12N4O. The Bertz CT molecular complexity index is 705. The second-order valence-corrected chi connectivity index (χ2v) is 4.03. The number of phenolic OH excluding ortho intramolecular Hbond substituents is 1. The van der Waals surface area contributed by atoms with Crippen LogP contribution in [0.3, 0.4) is 0 Å². The van der Waals surface area contributed by atoms with E-state index in [0.717, 1.165) is 16.8 Å². The van der Waals surface area contributed by atoms with Crippen LogP contribution in [0.1, 0.15) is 5.56 Å². The van der Waals surface area contributed by atoms with Crippen LogP contribution in [0.5, 0.6) is 5.75 Å². The lowest BCUT2D eigenvalue weighted by atomic mass is 10.2. The van der Waals surface area contributed by atoms with Crippen molar-refractivity contribution in [2.45, 2.75) is 6.54 Å². The highest BCUT2D eigenvalue weighted by Crippen LogP contribution is 2.20. The van der Waals surface area contributed by atoms with Gasteiger partial charge in [0.25, 0.3) is 0 Å². The lowest BCUT2D eigenvalue weighted by Crippen LogP contribution is -1.97. The molecule has 0 radical (unpaired) electrons. The maximum Gasteiger partial charge on any atom is 0.182 e. The van der Waals surface area contributed by atoms with Gasteiger partial charge in [-0.25, -0.2) is 9.50 Å². The lowest BCUT2D eigenvalue weighted by molar-refractivity contribution is 0.475. The van der Waals surface area contributed by atoms with Crippen molar-refractivity contribution in [3.63, 3.8) is 0 Å². The number of aromatic hydroxyl groups is 1. The number of hydrogen-bond donors (Lipinski definition) is 2. The van der Waals surface area contributed by atoms with Crippen LogP contribution >= 0.6 is 0 Å². The van der Waals surface area contributed by atoms with E-state index in [1.165, 1.54) is 0 Å². The fraction of sp³-hybridized carbons (Fsp3) is 0.0769. The van der Waals surface area contributed by atoms with E-state index < -0.39 is 0 Å². The third-order valence-corrected chi connectivity index (χ3v) is 2.74. The first-order valence-corrected chi connectivity index (χ1v) is 5.61. The Morgan fingerprint density at radius 3 is 2.89 bits per heavy atom. The molecule has 0 saturated heterocycles. The zero-order chi connectivity index (χ0) is 12.5. The van der Waals surface area contributed by atoms with Gasteiger partial charge in [-0.05, 0) is 29.8 Å². The topological polar surface area (TPSA) is 76.4 Å². The van der Waals surface area contributed by atoms with Crippen LogP contribution in [0.2, 0.25) is 0 Å². The highest BCUT2D eigenvalue weighted by Gasteiger charge is 2.07. The summed E-state index contributed by atoms with van der Waals surface area (Å²) in [6.45, 7) is 0.477. The van der Waals surface area contributed by atoms with Crippen molar-refractivity contribution in [3.8, 4) is 17.1 Å². The van der Waals surface area contributed by atoms with E-state index in [4.69, 9.17) is 5.73 Å². The molecule has 5 heteroatoms. The largest absolute Gasteiger partial charge is 0.508 e. The van der Waals surface area contributed by atoms with Crippen molar-refractivity contribution in [1.29, 1.82) is 0 Å². The zero-order valence-electron chi connectivity index (χ0n) is 9.61. The predicted octanol–water partition coefficient (Wildman–Crippen LogP) is 1.56. The number of nitrogens with two attached hydrogens (primary N) is 1. The Labute approximate surface area is 104 Å². The first kappa shape index (κ1) is 10.7. The average Bonchev–Trinajstić information content (AvgIpc) is 2.81. The van der Waals surface area contributed by atoms with E-state index in [1.807, 2.05) is 24.4 Å². The lowest BCUT2D eigenvalue weighted by Gasteiger charge is -1.95. The van der Waals surface area contributed by atoms with E-state index in [0.29, 0.717) is 12.4 Å². The summed E-state index contributed by atoms with van der Waals surface area (Å²) in [4.78, 5) is 4.42. The van der Waals surface area contributed by atoms with Crippen LogP contribution in [0.15, 0.2) is 42.6 Å². The van der Waals surface area contributed by atoms with Crippen molar-refractivity contribution in [2.75, 3.05) is 0 Å². The highest BCUT2D eigenvalue weighted by atomic mass is 16.3. The van der Waals surface area contributed by atoms with Gasteiger partial charge in [0.1, 0.15) is 5.75 Å². The Hall–Kier alpha value is -2.40. The summed E-state index contributed by atoms with van der Waals surface area (Å²) in [7, 11) is 0. The Morgan fingerprint density at radius 2 is 2.11 bits per heavy atom. The van der Waals surface area contributed by atoms with Gasteiger partial charge < -0.3 is 10.8 Å². The molecule has 2 aromatic heterocycles. The first-order valence-electron chi connectivity index (χ1n) is 5.61. The van der Waals surface area contributed by atoms with Crippen LogP contribution < -0.4 is 5.73 Å². The minimum Gasteiger partial charge on any atom is -0.508 e. The summed E-state index contributed by atoms with van der Waals surface area (Å²) in [6, 6.07) is 10.7. The number of nitrogens with zero attached hydrogens (tertiary/aromatic N) is 3. The van der Waals surface area contributed by atoms with Crippen molar-refractivity contribution in [3.05, 3.63) is 48.2 Å². The molecule has 5 nitrogen and oxygen atoms in total. The number of rotatable bonds is 2. The summed E-state index contributed by atoms with van der Waals surface area (Å²) >= 11 is 0. The molecule has 3 aromatic rings. The number of benzene rings is 1. The molecule has 0 aliphatic carbocycles.